The van der Waals surface area contributed by atoms with Crippen LogP contribution in [0, 0.1) is 0 Å². The van der Waals surface area contributed by atoms with Gasteiger partial charge in [0.1, 0.15) is 0 Å². The first kappa shape index (κ1) is 14.2. The third-order valence-electron chi connectivity index (χ3n) is 4.27. The molecule has 0 radical (unpaired) electrons. The molecule has 110 valence electrons. The van der Waals surface area contributed by atoms with Gasteiger partial charge in [0.05, 0.1) is 0 Å². The Morgan fingerprint density at radius 2 is 2.10 bits per heavy atom. The number of fused-ring (bicyclic) bond motifs is 1. The molecule has 1 aliphatic rings. The molecule has 0 spiro atoms. The molecule has 0 amide bonds. The maximum atomic E-state index is 4.87. The van der Waals surface area contributed by atoms with E-state index in [0.717, 1.165) is 25.2 Å². The van der Waals surface area contributed by atoms with Crippen molar-refractivity contribution in [3.05, 3.63) is 47.3 Å². The Kier molecular flexibility index (Phi) is 4.30. The van der Waals surface area contributed by atoms with Gasteiger partial charge in [-0.3, -0.25) is 0 Å². The molecule has 0 fully saturated rings. The standard InChI is InChI=1S/C18H23N3/c1-3-13-8-5-6-9-14(13)18-20-12-15-16(19-4-2)10-7-11-17(15)21-18/h5-6,8-9,12,16,19H,3-4,7,10-11H2,1-2H3. The second-order valence-corrected chi connectivity index (χ2v) is 5.61. The van der Waals surface area contributed by atoms with E-state index in [0.29, 0.717) is 6.04 Å². The molecule has 1 unspecified atom stereocenters. The second-order valence-electron chi connectivity index (χ2n) is 5.61. The van der Waals surface area contributed by atoms with Gasteiger partial charge in [-0.1, -0.05) is 38.1 Å². The topological polar surface area (TPSA) is 37.8 Å². The monoisotopic (exact) mass is 281 g/mol. The summed E-state index contributed by atoms with van der Waals surface area (Å²) in [7, 11) is 0. The highest BCUT2D eigenvalue weighted by molar-refractivity contribution is 5.60. The summed E-state index contributed by atoms with van der Waals surface area (Å²) in [5.41, 5.74) is 5.01. The molecule has 3 heteroatoms. The van der Waals surface area contributed by atoms with Gasteiger partial charge < -0.3 is 5.32 Å². The molecule has 1 heterocycles. The van der Waals surface area contributed by atoms with Crippen molar-refractivity contribution in [1.82, 2.24) is 15.3 Å². The Hall–Kier alpha value is -1.74. The number of aryl methyl sites for hydroxylation is 2. The largest absolute Gasteiger partial charge is 0.310 e. The minimum Gasteiger partial charge on any atom is -0.310 e. The van der Waals surface area contributed by atoms with Crippen molar-refractivity contribution < 1.29 is 0 Å². The highest BCUT2D eigenvalue weighted by Gasteiger charge is 2.21. The molecule has 21 heavy (non-hydrogen) atoms. The van der Waals surface area contributed by atoms with Gasteiger partial charge in [-0.25, -0.2) is 9.97 Å². The van der Waals surface area contributed by atoms with E-state index in [1.54, 1.807) is 0 Å². The fourth-order valence-electron chi connectivity index (χ4n) is 3.18. The molecule has 1 aromatic heterocycles. The van der Waals surface area contributed by atoms with E-state index in [-0.39, 0.29) is 0 Å². The summed E-state index contributed by atoms with van der Waals surface area (Å²) in [4.78, 5) is 9.53. The van der Waals surface area contributed by atoms with E-state index >= 15 is 0 Å². The molecule has 3 rings (SSSR count). The Labute approximate surface area is 126 Å². The average Bonchev–Trinajstić information content (AvgIpc) is 2.55. The van der Waals surface area contributed by atoms with Gasteiger partial charge in [-0.2, -0.15) is 0 Å². The molecule has 1 atom stereocenters. The number of hydrogen-bond acceptors (Lipinski definition) is 3. The summed E-state index contributed by atoms with van der Waals surface area (Å²) in [5, 5.41) is 3.54. The number of hydrogen-bond donors (Lipinski definition) is 1. The molecule has 0 saturated heterocycles. The predicted octanol–water partition coefficient (Wildman–Crippen LogP) is 3.69. The fourth-order valence-corrected chi connectivity index (χ4v) is 3.18. The summed E-state index contributed by atoms with van der Waals surface area (Å²) in [6, 6.07) is 8.88. The Balaban J connectivity index is 1.99. The van der Waals surface area contributed by atoms with Crippen molar-refractivity contribution >= 4 is 0 Å². The third kappa shape index (κ3) is 2.84. The van der Waals surface area contributed by atoms with E-state index in [2.05, 4.69) is 48.4 Å². The number of nitrogens with zero attached hydrogens (tertiary/aromatic N) is 2. The zero-order valence-corrected chi connectivity index (χ0v) is 12.9. The van der Waals surface area contributed by atoms with Crippen molar-refractivity contribution in [1.29, 1.82) is 0 Å². The van der Waals surface area contributed by atoms with E-state index in [4.69, 9.17) is 4.98 Å². The SMILES string of the molecule is CCNC1CCCc2nc(-c3ccccc3CC)ncc21. The van der Waals surface area contributed by atoms with Gasteiger partial charge in [0.2, 0.25) is 0 Å². The lowest BCUT2D eigenvalue weighted by molar-refractivity contribution is 0.464. The molecule has 0 saturated carbocycles. The second kappa shape index (κ2) is 6.35. The van der Waals surface area contributed by atoms with Crippen molar-refractivity contribution in [2.75, 3.05) is 6.54 Å². The van der Waals surface area contributed by atoms with Crippen LogP contribution in [0.1, 0.15) is 49.6 Å². The summed E-state index contributed by atoms with van der Waals surface area (Å²) < 4.78 is 0. The minimum atomic E-state index is 0.425. The molecule has 1 N–H and O–H groups in total. The first-order valence-corrected chi connectivity index (χ1v) is 8.01. The maximum Gasteiger partial charge on any atom is 0.159 e. The summed E-state index contributed by atoms with van der Waals surface area (Å²) in [6.07, 6.45) is 6.51. The molecule has 2 aromatic rings. The van der Waals surface area contributed by atoms with Crippen LogP contribution in [0.4, 0.5) is 0 Å². The lowest BCUT2D eigenvalue weighted by Gasteiger charge is -2.25. The van der Waals surface area contributed by atoms with Crippen LogP contribution in [0.5, 0.6) is 0 Å². The summed E-state index contributed by atoms with van der Waals surface area (Å²) >= 11 is 0. The molecule has 3 nitrogen and oxygen atoms in total. The Morgan fingerprint density at radius 1 is 1.24 bits per heavy atom. The van der Waals surface area contributed by atoms with Gasteiger partial charge >= 0.3 is 0 Å². The van der Waals surface area contributed by atoms with E-state index in [1.807, 2.05) is 6.20 Å². The van der Waals surface area contributed by atoms with Crippen LogP contribution in [-0.2, 0) is 12.8 Å². The highest BCUT2D eigenvalue weighted by Crippen LogP contribution is 2.30. The van der Waals surface area contributed by atoms with Gasteiger partial charge in [0.15, 0.2) is 5.82 Å². The van der Waals surface area contributed by atoms with E-state index in [9.17, 15) is 0 Å². The number of aromatic nitrogens is 2. The molecule has 0 bridgehead atoms. The number of rotatable bonds is 4. The van der Waals surface area contributed by atoms with Crippen molar-refractivity contribution in [2.45, 2.75) is 45.6 Å². The zero-order chi connectivity index (χ0) is 14.7. The molecule has 1 aliphatic carbocycles. The first-order valence-electron chi connectivity index (χ1n) is 8.01. The van der Waals surface area contributed by atoms with Gasteiger partial charge in [0, 0.05) is 29.1 Å². The van der Waals surface area contributed by atoms with Gasteiger partial charge in [-0.05, 0) is 37.8 Å². The van der Waals surface area contributed by atoms with E-state index < -0.39 is 0 Å². The molecular weight excluding hydrogens is 258 g/mol. The van der Waals surface area contributed by atoms with Crippen LogP contribution < -0.4 is 5.32 Å². The smallest absolute Gasteiger partial charge is 0.159 e. The van der Waals surface area contributed by atoms with Crippen molar-refractivity contribution in [2.24, 2.45) is 0 Å². The van der Waals surface area contributed by atoms with Crippen LogP contribution >= 0.6 is 0 Å². The lowest BCUT2D eigenvalue weighted by Crippen LogP contribution is -2.26. The molecule has 0 aliphatic heterocycles. The average molecular weight is 281 g/mol. The van der Waals surface area contributed by atoms with Gasteiger partial charge in [-0.15, -0.1) is 0 Å². The van der Waals surface area contributed by atoms with Crippen LogP contribution in [0.2, 0.25) is 0 Å². The zero-order valence-electron chi connectivity index (χ0n) is 12.9. The maximum absolute atomic E-state index is 4.87. The third-order valence-corrected chi connectivity index (χ3v) is 4.27. The summed E-state index contributed by atoms with van der Waals surface area (Å²) in [5.74, 6) is 0.878. The lowest BCUT2D eigenvalue weighted by atomic mass is 9.92. The van der Waals surface area contributed by atoms with E-state index in [1.165, 1.54) is 35.2 Å². The Bertz CT molecular complexity index is 622. The van der Waals surface area contributed by atoms with Crippen LogP contribution in [0.15, 0.2) is 30.5 Å². The first-order chi connectivity index (χ1) is 10.3. The number of nitrogens with one attached hydrogen (secondary N) is 1. The van der Waals surface area contributed by atoms with Crippen LogP contribution in [0.25, 0.3) is 11.4 Å². The predicted molar refractivity (Wildman–Crippen MR) is 86.2 cm³/mol. The molecular formula is C18H23N3. The molecule has 1 aromatic carbocycles. The quantitative estimate of drug-likeness (QED) is 0.928. The van der Waals surface area contributed by atoms with Gasteiger partial charge in [0.25, 0.3) is 0 Å². The van der Waals surface area contributed by atoms with Crippen LogP contribution in [-0.4, -0.2) is 16.5 Å². The van der Waals surface area contributed by atoms with Crippen LogP contribution in [0.3, 0.4) is 0 Å². The Morgan fingerprint density at radius 3 is 2.90 bits per heavy atom. The summed E-state index contributed by atoms with van der Waals surface area (Å²) in [6.45, 7) is 5.32. The fraction of sp³-hybridized carbons (Fsp3) is 0.444. The normalized spacial score (nSPS) is 17.5. The van der Waals surface area contributed by atoms with Crippen molar-refractivity contribution in [3.63, 3.8) is 0 Å². The number of benzene rings is 1. The minimum absolute atomic E-state index is 0.425. The van der Waals surface area contributed by atoms with Crippen molar-refractivity contribution in [3.8, 4) is 11.4 Å². The highest BCUT2D eigenvalue weighted by atomic mass is 14.9.